The van der Waals surface area contributed by atoms with E-state index in [9.17, 15) is 14.0 Å². The standard InChI is InChI=1S/C25H28FN5O2/c1-18-16-23(32)24(28-31(18)22-11-7-6-10-20(22)26)25(33)27-21(19-8-4-3-5-9-19)17-30-14-12-29(2)13-15-30/h3-11,16,21H,12-15,17H2,1-2H3,(H,27,33). The summed E-state index contributed by atoms with van der Waals surface area (Å²) in [6.45, 7) is 6.00. The highest BCUT2D eigenvalue weighted by atomic mass is 19.1. The minimum absolute atomic E-state index is 0.182. The fourth-order valence-electron chi connectivity index (χ4n) is 4.01. The molecule has 2 heterocycles. The number of hydrogen-bond acceptors (Lipinski definition) is 5. The van der Waals surface area contributed by atoms with Gasteiger partial charge in [-0.1, -0.05) is 42.5 Å². The van der Waals surface area contributed by atoms with Crippen molar-refractivity contribution >= 4 is 5.91 Å². The van der Waals surface area contributed by atoms with Crippen LogP contribution in [-0.2, 0) is 0 Å². The molecule has 3 aromatic rings. The number of aryl methyl sites for hydroxylation is 1. The van der Waals surface area contributed by atoms with Crippen LogP contribution in [0.5, 0.6) is 0 Å². The number of hydrogen-bond donors (Lipinski definition) is 1. The van der Waals surface area contributed by atoms with E-state index in [1.165, 1.54) is 16.8 Å². The molecule has 0 radical (unpaired) electrons. The third-order valence-corrected chi connectivity index (χ3v) is 5.95. The molecule has 1 aromatic heterocycles. The quantitative estimate of drug-likeness (QED) is 0.626. The second-order valence-corrected chi connectivity index (χ2v) is 8.40. The third kappa shape index (κ3) is 5.35. The van der Waals surface area contributed by atoms with Crippen LogP contribution in [-0.4, -0.2) is 65.3 Å². The summed E-state index contributed by atoms with van der Waals surface area (Å²) in [6, 6.07) is 16.8. The van der Waals surface area contributed by atoms with Gasteiger partial charge >= 0.3 is 0 Å². The molecule has 1 amide bonds. The highest BCUT2D eigenvalue weighted by molar-refractivity contribution is 5.92. The van der Waals surface area contributed by atoms with Crippen molar-refractivity contribution in [2.75, 3.05) is 39.8 Å². The number of benzene rings is 2. The van der Waals surface area contributed by atoms with E-state index in [1.54, 1.807) is 25.1 Å². The first-order chi connectivity index (χ1) is 15.9. The number of rotatable bonds is 6. The van der Waals surface area contributed by atoms with Crippen molar-refractivity contribution in [3.8, 4) is 5.69 Å². The highest BCUT2D eigenvalue weighted by Gasteiger charge is 2.24. The van der Waals surface area contributed by atoms with Gasteiger partial charge in [0.25, 0.3) is 5.91 Å². The molecule has 1 saturated heterocycles. The molecule has 2 aromatic carbocycles. The molecule has 1 unspecified atom stereocenters. The number of para-hydroxylation sites is 1. The van der Waals surface area contributed by atoms with E-state index in [1.807, 2.05) is 30.3 Å². The molecule has 1 atom stereocenters. The molecule has 1 fully saturated rings. The van der Waals surface area contributed by atoms with Crippen LogP contribution in [0.1, 0.15) is 27.8 Å². The molecule has 0 bridgehead atoms. The molecule has 1 N–H and O–H groups in total. The fraction of sp³-hybridized carbons (Fsp3) is 0.320. The van der Waals surface area contributed by atoms with Crippen LogP contribution in [0.2, 0.25) is 0 Å². The monoisotopic (exact) mass is 449 g/mol. The highest BCUT2D eigenvalue weighted by Crippen LogP contribution is 2.17. The molecule has 0 spiro atoms. The molecule has 0 saturated carbocycles. The summed E-state index contributed by atoms with van der Waals surface area (Å²) in [5, 5.41) is 7.24. The summed E-state index contributed by atoms with van der Waals surface area (Å²) in [4.78, 5) is 30.4. The normalized spacial score (nSPS) is 15.8. The largest absolute Gasteiger partial charge is 0.342 e. The predicted molar refractivity (Wildman–Crippen MR) is 125 cm³/mol. The summed E-state index contributed by atoms with van der Waals surface area (Å²) < 4.78 is 15.7. The molecule has 1 aliphatic heterocycles. The van der Waals surface area contributed by atoms with Gasteiger partial charge in [0.05, 0.1) is 6.04 Å². The lowest BCUT2D eigenvalue weighted by atomic mass is 10.1. The van der Waals surface area contributed by atoms with Crippen molar-refractivity contribution in [1.82, 2.24) is 24.9 Å². The van der Waals surface area contributed by atoms with Crippen molar-refractivity contribution in [3.63, 3.8) is 0 Å². The lowest BCUT2D eigenvalue weighted by Crippen LogP contribution is -2.48. The number of carbonyl (C=O) groups is 1. The molecule has 172 valence electrons. The number of carbonyl (C=O) groups excluding carboxylic acids is 1. The van der Waals surface area contributed by atoms with Crippen LogP contribution in [0.4, 0.5) is 4.39 Å². The van der Waals surface area contributed by atoms with Gasteiger partial charge in [-0.25, -0.2) is 9.07 Å². The van der Waals surface area contributed by atoms with Gasteiger partial charge in [-0.3, -0.25) is 14.5 Å². The molecular weight excluding hydrogens is 421 g/mol. The van der Waals surface area contributed by atoms with Crippen LogP contribution < -0.4 is 10.7 Å². The summed E-state index contributed by atoms with van der Waals surface area (Å²) >= 11 is 0. The molecular formula is C25H28FN5O2. The number of amides is 1. The van der Waals surface area contributed by atoms with Gasteiger partial charge in [0.2, 0.25) is 5.43 Å². The first-order valence-electron chi connectivity index (χ1n) is 11.0. The third-order valence-electron chi connectivity index (χ3n) is 5.95. The number of halogens is 1. The van der Waals surface area contributed by atoms with Gasteiger partial charge < -0.3 is 10.2 Å². The minimum Gasteiger partial charge on any atom is -0.342 e. The van der Waals surface area contributed by atoms with Crippen LogP contribution in [0.15, 0.2) is 65.5 Å². The Balaban J connectivity index is 1.62. The molecule has 0 aliphatic carbocycles. The first kappa shape index (κ1) is 22.8. The summed E-state index contributed by atoms with van der Waals surface area (Å²) in [7, 11) is 2.09. The van der Waals surface area contributed by atoms with Crippen molar-refractivity contribution in [2.45, 2.75) is 13.0 Å². The Hall–Kier alpha value is -3.36. The maximum atomic E-state index is 14.4. The maximum absolute atomic E-state index is 14.4. The van der Waals surface area contributed by atoms with Gasteiger partial charge in [-0.15, -0.1) is 0 Å². The Labute approximate surface area is 192 Å². The zero-order chi connectivity index (χ0) is 23.4. The van der Waals surface area contributed by atoms with Crippen LogP contribution in [0.3, 0.4) is 0 Å². The zero-order valence-electron chi connectivity index (χ0n) is 18.9. The van der Waals surface area contributed by atoms with Gasteiger partial charge in [0, 0.05) is 44.5 Å². The molecule has 7 nitrogen and oxygen atoms in total. The van der Waals surface area contributed by atoms with Gasteiger partial charge in [-0.2, -0.15) is 5.10 Å². The van der Waals surface area contributed by atoms with E-state index in [4.69, 9.17) is 0 Å². The summed E-state index contributed by atoms with van der Waals surface area (Å²) in [5.41, 5.74) is 0.818. The Bertz CT molecular complexity index is 1170. The topological polar surface area (TPSA) is 70.5 Å². The van der Waals surface area contributed by atoms with E-state index < -0.39 is 17.2 Å². The summed E-state index contributed by atoms with van der Waals surface area (Å²) in [6.07, 6.45) is 0. The Morgan fingerprint density at radius 3 is 2.42 bits per heavy atom. The number of likely N-dealkylation sites (N-methyl/N-ethyl adjacent to an activating group) is 1. The Morgan fingerprint density at radius 2 is 1.73 bits per heavy atom. The van der Waals surface area contributed by atoms with Crippen molar-refractivity contribution in [3.05, 3.63) is 93.7 Å². The average Bonchev–Trinajstić information content (AvgIpc) is 2.81. The van der Waals surface area contributed by atoms with Crippen molar-refractivity contribution < 1.29 is 9.18 Å². The van der Waals surface area contributed by atoms with E-state index in [-0.39, 0.29) is 17.4 Å². The summed E-state index contributed by atoms with van der Waals surface area (Å²) in [5.74, 6) is -1.06. The van der Waals surface area contributed by atoms with E-state index in [0.29, 0.717) is 12.2 Å². The molecule has 1 aliphatic rings. The van der Waals surface area contributed by atoms with Crippen LogP contribution in [0.25, 0.3) is 5.69 Å². The number of piperazine rings is 1. The van der Waals surface area contributed by atoms with Crippen molar-refractivity contribution in [2.24, 2.45) is 0 Å². The second kappa shape index (κ2) is 10.1. The Morgan fingerprint density at radius 1 is 1.06 bits per heavy atom. The zero-order valence-corrected chi connectivity index (χ0v) is 18.9. The van der Waals surface area contributed by atoms with E-state index >= 15 is 0 Å². The predicted octanol–water partition coefficient (Wildman–Crippen LogP) is 2.40. The average molecular weight is 450 g/mol. The van der Waals surface area contributed by atoms with Gasteiger partial charge in [0.1, 0.15) is 11.5 Å². The van der Waals surface area contributed by atoms with Crippen molar-refractivity contribution in [1.29, 1.82) is 0 Å². The molecule has 8 heteroatoms. The molecule has 4 rings (SSSR count). The number of nitrogens with one attached hydrogen (secondary N) is 1. The van der Waals surface area contributed by atoms with Crippen LogP contribution in [0, 0.1) is 12.7 Å². The maximum Gasteiger partial charge on any atom is 0.276 e. The number of aromatic nitrogens is 2. The lowest BCUT2D eigenvalue weighted by Gasteiger charge is -2.35. The second-order valence-electron chi connectivity index (χ2n) is 8.40. The van der Waals surface area contributed by atoms with Crippen LogP contribution >= 0.6 is 0 Å². The molecule has 33 heavy (non-hydrogen) atoms. The fourth-order valence-corrected chi connectivity index (χ4v) is 4.01. The van der Waals surface area contributed by atoms with Gasteiger partial charge in [-0.05, 0) is 31.7 Å². The van der Waals surface area contributed by atoms with E-state index in [2.05, 4.69) is 27.3 Å². The van der Waals surface area contributed by atoms with Gasteiger partial charge in [0.15, 0.2) is 5.69 Å². The first-order valence-corrected chi connectivity index (χ1v) is 11.0. The SMILES string of the molecule is Cc1cc(=O)c(C(=O)NC(CN2CCN(C)CC2)c2ccccc2)nn1-c1ccccc1F. The smallest absolute Gasteiger partial charge is 0.276 e. The minimum atomic E-state index is -0.576. The van der Waals surface area contributed by atoms with E-state index in [0.717, 1.165) is 31.7 Å². The Kier molecular flexibility index (Phi) is 6.96. The lowest BCUT2D eigenvalue weighted by molar-refractivity contribution is 0.0899. The number of nitrogens with zero attached hydrogens (tertiary/aromatic N) is 4.